The normalized spacial score (nSPS) is 16.1. The fourth-order valence-corrected chi connectivity index (χ4v) is 6.56. The molecular formula is C40H55N7O6. The number of hydrazine groups is 1. The zero-order valence-corrected chi connectivity index (χ0v) is 31.7. The lowest BCUT2D eigenvalue weighted by molar-refractivity contribution is -0.132. The minimum atomic E-state index is -1.33. The van der Waals surface area contributed by atoms with Crippen LogP contribution in [0.1, 0.15) is 63.6 Å². The third-order valence-corrected chi connectivity index (χ3v) is 9.59. The topological polar surface area (TPSA) is 167 Å². The standard InChI is InChI=1S/C40H55N7O6/c1-7-27(2)34(47-22-21-45(39(47)53)25-31-20-14-15-28(3)41-31)36(49)42-32(23-29-16-10-8-11-17-29)33(48)26-46(24-30-18-12-9-13-19-30)44-37(50)35(40(4,5)6)43-38(51)52/h8-20,27,32-35,43,48H,7,21-26H2,1-6H3,(H,42,49)(H,44,50)(H,51,52). The van der Waals surface area contributed by atoms with Crippen LogP contribution in [0.15, 0.2) is 78.9 Å². The summed E-state index contributed by atoms with van der Waals surface area (Å²) in [6.45, 7) is 12.3. The van der Waals surface area contributed by atoms with E-state index in [1.54, 1.807) is 35.6 Å². The molecule has 286 valence electrons. The number of urea groups is 1. The molecule has 13 nitrogen and oxygen atoms in total. The SMILES string of the molecule is CCC(C)C(C(=O)NC(Cc1ccccc1)C(O)CN(Cc1ccccc1)NC(=O)C(NC(=O)O)C(C)(C)C)N1CCN(Cc2cccc(C)n2)C1=O. The Morgan fingerprint density at radius 1 is 0.906 bits per heavy atom. The maximum Gasteiger partial charge on any atom is 0.405 e. The second-order valence-corrected chi connectivity index (χ2v) is 15.0. The Morgan fingerprint density at radius 3 is 2.13 bits per heavy atom. The number of nitrogens with zero attached hydrogens (tertiary/aromatic N) is 4. The first-order valence-electron chi connectivity index (χ1n) is 18.3. The van der Waals surface area contributed by atoms with Crippen molar-refractivity contribution in [3.8, 4) is 0 Å². The molecule has 1 aliphatic heterocycles. The molecule has 0 saturated carbocycles. The maximum atomic E-state index is 14.4. The smallest absolute Gasteiger partial charge is 0.405 e. The first-order valence-corrected chi connectivity index (χ1v) is 18.3. The average molecular weight is 730 g/mol. The molecule has 0 radical (unpaired) electrons. The van der Waals surface area contributed by atoms with Crippen LogP contribution in [0.5, 0.6) is 0 Å². The molecule has 5 atom stereocenters. The van der Waals surface area contributed by atoms with Gasteiger partial charge in [-0.2, -0.15) is 0 Å². The number of aliphatic hydroxyl groups is 1. The number of hydrogen-bond donors (Lipinski definition) is 5. The molecule has 2 heterocycles. The fourth-order valence-electron chi connectivity index (χ4n) is 6.56. The number of aryl methyl sites for hydroxylation is 1. The first-order chi connectivity index (χ1) is 25.2. The molecule has 5 unspecified atom stereocenters. The van der Waals surface area contributed by atoms with Crippen LogP contribution in [-0.2, 0) is 29.1 Å². The van der Waals surface area contributed by atoms with Crippen molar-refractivity contribution in [2.75, 3.05) is 19.6 Å². The highest BCUT2D eigenvalue weighted by atomic mass is 16.4. The molecule has 2 aromatic carbocycles. The van der Waals surface area contributed by atoms with Crippen molar-refractivity contribution in [3.63, 3.8) is 0 Å². The van der Waals surface area contributed by atoms with E-state index in [9.17, 15) is 29.4 Å². The number of pyridine rings is 1. The van der Waals surface area contributed by atoms with Crippen LogP contribution in [0.25, 0.3) is 0 Å². The summed E-state index contributed by atoms with van der Waals surface area (Å²) in [4.78, 5) is 61.2. The molecule has 4 rings (SSSR count). The minimum absolute atomic E-state index is 0.101. The number of carboxylic acid groups (broad SMARTS) is 1. The van der Waals surface area contributed by atoms with Crippen molar-refractivity contribution in [1.82, 2.24) is 35.9 Å². The number of hydrogen-bond acceptors (Lipinski definition) is 7. The Balaban J connectivity index is 1.59. The van der Waals surface area contributed by atoms with Gasteiger partial charge in [-0.15, -0.1) is 0 Å². The van der Waals surface area contributed by atoms with Gasteiger partial charge in [0.15, 0.2) is 0 Å². The van der Waals surface area contributed by atoms with E-state index in [1.807, 2.05) is 99.6 Å². The van der Waals surface area contributed by atoms with Gasteiger partial charge in [0.25, 0.3) is 5.91 Å². The Labute approximate surface area is 312 Å². The second kappa shape index (κ2) is 18.7. The molecule has 1 aliphatic rings. The monoisotopic (exact) mass is 729 g/mol. The molecule has 0 aliphatic carbocycles. The Morgan fingerprint density at radius 2 is 1.55 bits per heavy atom. The first kappa shape index (κ1) is 40.8. The van der Waals surface area contributed by atoms with Crippen molar-refractivity contribution in [3.05, 3.63) is 101 Å². The van der Waals surface area contributed by atoms with Crippen LogP contribution in [0.3, 0.4) is 0 Å². The number of aromatic nitrogens is 1. The van der Waals surface area contributed by atoms with E-state index >= 15 is 0 Å². The van der Waals surface area contributed by atoms with Crippen LogP contribution >= 0.6 is 0 Å². The lowest BCUT2D eigenvalue weighted by atomic mass is 9.86. The Hall–Kier alpha value is -5.01. The quantitative estimate of drug-likeness (QED) is 0.128. The van der Waals surface area contributed by atoms with Gasteiger partial charge in [-0.25, -0.2) is 14.6 Å². The largest absolute Gasteiger partial charge is 0.465 e. The average Bonchev–Trinajstić information content (AvgIpc) is 3.45. The van der Waals surface area contributed by atoms with Gasteiger partial charge >= 0.3 is 12.1 Å². The number of rotatable bonds is 17. The number of benzene rings is 2. The summed E-state index contributed by atoms with van der Waals surface area (Å²) < 4.78 is 0. The van der Waals surface area contributed by atoms with Gasteiger partial charge in [-0.3, -0.25) is 20.0 Å². The maximum absolute atomic E-state index is 14.4. The number of nitrogens with one attached hydrogen (secondary N) is 3. The number of carbonyl (C=O) groups is 4. The summed E-state index contributed by atoms with van der Waals surface area (Å²) in [5, 5.41) is 28.4. The minimum Gasteiger partial charge on any atom is -0.465 e. The molecule has 5 amide bonds. The second-order valence-electron chi connectivity index (χ2n) is 15.0. The van der Waals surface area contributed by atoms with Crippen LogP contribution in [-0.4, -0.2) is 97.8 Å². The van der Waals surface area contributed by atoms with Gasteiger partial charge in [-0.1, -0.05) is 108 Å². The van der Waals surface area contributed by atoms with E-state index in [0.29, 0.717) is 26.1 Å². The van der Waals surface area contributed by atoms with Gasteiger partial charge in [0, 0.05) is 31.9 Å². The highest BCUT2D eigenvalue weighted by Gasteiger charge is 2.41. The molecule has 3 aromatic rings. The molecule has 53 heavy (non-hydrogen) atoms. The summed E-state index contributed by atoms with van der Waals surface area (Å²) in [5.41, 5.74) is 5.44. The summed E-state index contributed by atoms with van der Waals surface area (Å²) in [6.07, 6.45) is -1.61. The van der Waals surface area contributed by atoms with E-state index in [-0.39, 0.29) is 37.4 Å². The molecular weight excluding hydrogens is 674 g/mol. The molecule has 13 heteroatoms. The van der Waals surface area contributed by atoms with Crippen LogP contribution < -0.4 is 16.1 Å². The zero-order valence-electron chi connectivity index (χ0n) is 31.7. The number of amides is 5. The van der Waals surface area contributed by atoms with E-state index in [0.717, 1.165) is 22.5 Å². The van der Waals surface area contributed by atoms with Crippen molar-refractivity contribution < 1.29 is 29.4 Å². The third kappa shape index (κ3) is 11.7. The van der Waals surface area contributed by atoms with E-state index < -0.39 is 41.6 Å². The number of aliphatic hydroxyl groups excluding tert-OH is 1. The predicted molar refractivity (Wildman–Crippen MR) is 202 cm³/mol. The Bertz CT molecular complexity index is 1670. The summed E-state index contributed by atoms with van der Waals surface area (Å²) in [5.74, 6) is -1.14. The van der Waals surface area contributed by atoms with E-state index in [2.05, 4.69) is 21.0 Å². The zero-order chi connectivity index (χ0) is 38.7. The van der Waals surface area contributed by atoms with E-state index in [4.69, 9.17) is 0 Å². The van der Waals surface area contributed by atoms with Gasteiger partial charge in [-0.05, 0) is 47.9 Å². The van der Waals surface area contributed by atoms with Crippen molar-refractivity contribution in [2.45, 2.75) is 91.7 Å². The van der Waals surface area contributed by atoms with Gasteiger partial charge in [0.2, 0.25) is 5.91 Å². The Kier molecular flexibility index (Phi) is 14.3. The van der Waals surface area contributed by atoms with Crippen LogP contribution in [0, 0.1) is 18.3 Å². The van der Waals surface area contributed by atoms with Gasteiger partial charge in [0.1, 0.15) is 12.1 Å². The lowest BCUT2D eigenvalue weighted by Gasteiger charge is -2.36. The lowest BCUT2D eigenvalue weighted by Crippen LogP contribution is -2.60. The van der Waals surface area contributed by atoms with E-state index in [1.165, 1.54) is 0 Å². The molecule has 0 bridgehead atoms. The molecule has 0 spiro atoms. The highest BCUT2D eigenvalue weighted by molar-refractivity contribution is 5.88. The summed E-state index contributed by atoms with van der Waals surface area (Å²) in [7, 11) is 0. The van der Waals surface area contributed by atoms with Crippen LogP contribution in [0.2, 0.25) is 0 Å². The molecule has 1 aromatic heterocycles. The fraction of sp³-hybridized carbons (Fsp3) is 0.475. The van der Waals surface area contributed by atoms with Crippen molar-refractivity contribution in [2.24, 2.45) is 11.3 Å². The van der Waals surface area contributed by atoms with Gasteiger partial charge in [0.05, 0.1) is 24.4 Å². The molecule has 1 saturated heterocycles. The summed E-state index contributed by atoms with van der Waals surface area (Å²) in [6, 6.07) is 21.6. The highest BCUT2D eigenvalue weighted by Crippen LogP contribution is 2.24. The predicted octanol–water partition coefficient (Wildman–Crippen LogP) is 4.35. The van der Waals surface area contributed by atoms with Gasteiger partial charge < -0.3 is 30.6 Å². The molecule has 5 N–H and O–H groups in total. The third-order valence-electron chi connectivity index (χ3n) is 9.59. The number of carbonyl (C=O) groups excluding carboxylic acids is 3. The van der Waals surface area contributed by atoms with Crippen molar-refractivity contribution >= 4 is 23.9 Å². The van der Waals surface area contributed by atoms with Crippen molar-refractivity contribution in [1.29, 1.82) is 0 Å². The summed E-state index contributed by atoms with van der Waals surface area (Å²) >= 11 is 0. The van der Waals surface area contributed by atoms with Crippen LogP contribution in [0.4, 0.5) is 9.59 Å². The molecule has 1 fully saturated rings.